The predicted molar refractivity (Wildman–Crippen MR) is 57.3 cm³/mol. The van der Waals surface area contributed by atoms with Gasteiger partial charge in [0.15, 0.2) is 11.5 Å². The quantitative estimate of drug-likeness (QED) is 0.800. The maximum Gasteiger partial charge on any atom is 0.355 e. The minimum absolute atomic E-state index is 0.0988. The molecule has 1 aromatic heterocycles. The number of hydrogen-bond acceptors (Lipinski definition) is 4. The molecule has 0 saturated carbocycles. The number of carboxylic acid groups (broad SMARTS) is 1. The lowest BCUT2D eigenvalue weighted by Gasteiger charge is -2.14. The van der Waals surface area contributed by atoms with E-state index < -0.39 is 31.5 Å². The Kier molecular flexibility index (Phi) is 5.18. The van der Waals surface area contributed by atoms with Crippen molar-refractivity contribution in [3.8, 4) is 0 Å². The van der Waals surface area contributed by atoms with E-state index in [0.717, 1.165) is 6.20 Å². The zero-order valence-electron chi connectivity index (χ0n) is 9.12. The molecule has 0 aliphatic heterocycles. The summed E-state index contributed by atoms with van der Waals surface area (Å²) in [5.41, 5.74) is -0.380. The summed E-state index contributed by atoms with van der Waals surface area (Å²) in [7, 11) is 0. The lowest BCUT2D eigenvalue weighted by Crippen LogP contribution is -2.32. The van der Waals surface area contributed by atoms with Crippen molar-refractivity contribution in [1.29, 1.82) is 0 Å². The first kappa shape index (κ1) is 15.8. The molecule has 1 heterocycles. The summed E-state index contributed by atoms with van der Waals surface area (Å²) in [5, 5.41) is 8.74. The van der Waals surface area contributed by atoms with Crippen LogP contribution in [0.3, 0.4) is 0 Å². The van der Waals surface area contributed by atoms with Crippen LogP contribution < -0.4 is 0 Å². The van der Waals surface area contributed by atoms with Crippen LogP contribution in [0.2, 0.25) is 0 Å². The number of alkyl halides is 4. The lowest BCUT2D eigenvalue weighted by atomic mass is 10.4. The Bertz CT molecular complexity index is 473. The van der Waals surface area contributed by atoms with E-state index in [9.17, 15) is 22.4 Å². The van der Waals surface area contributed by atoms with E-state index in [2.05, 4.69) is 30.6 Å². The van der Waals surface area contributed by atoms with Gasteiger partial charge in [-0.3, -0.25) is 0 Å². The second-order valence-electron chi connectivity index (χ2n) is 3.34. The minimum Gasteiger partial charge on any atom is -0.476 e. The van der Waals surface area contributed by atoms with Gasteiger partial charge in [0, 0.05) is 6.20 Å². The first-order valence-electron chi connectivity index (χ1n) is 4.72. The van der Waals surface area contributed by atoms with Crippen LogP contribution in [0, 0.1) is 0 Å². The number of ether oxygens (including phenoxy) is 1. The van der Waals surface area contributed by atoms with Crippen molar-refractivity contribution in [2.45, 2.75) is 19.0 Å². The van der Waals surface area contributed by atoms with Crippen LogP contribution in [0.15, 0.2) is 10.7 Å². The number of halogens is 5. The van der Waals surface area contributed by atoms with E-state index in [0.29, 0.717) is 0 Å². The molecule has 1 rings (SSSR count). The molecule has 0 amide bonds. The van der Waals surface area contributed by atoms with E-state index in [1.165, 1.54) is 0 Å². The van der Waals surface area contributed by atoms with Crippen molar-refractivity contribution in [3.63, 3.8) is 0 Å². The van der Waals surface area contributed by atoms with Gasteiger partial charge in [-0.25, -0.2) is 23.5 Å². The van der Waals surface area contributed by atoms with Gasteiger partial charge in [-0.2, -0.15) is 8.78 Å². The van der Waals surface area contributed by atoms with Gasteiger partial charge in [-0.15, -0.1) is 0 Å². The molecule has 0 aliphatic rings. The molecule has 10 heteroatoms. The highest BCUT2D eigenvalue weighted by Gasteiger charge is 2.41. The first-order chi connectivity index (χ1) is 8.74. The van der Waals surface area contributed by atoms with Crippen molar-refractivity contribution < 1.29 is 32.2 Å². The van der Waals surface area contributed by atoms with Gasteiger partial charge in [0.2, 0.25) is 0 Å². The van der Waals surface area contributed by atoms with E-state index in [-0.39, 0.29) is 16.0 Å². The third kappa shape index (κ3) is 4.39. The molecule has 0 atom stereocenters. The van der Waals surface area contributed by atoms with Crippen LogP contribution in [-0.2, 0) is 11.3 Å². The summed E-state index contributed by atoms with van der Waals surface area (Å²) in [6, 6.07) is 0. The fourth-order valence-electron chi connectivity index (χ4n) is 0.965. The van der Waals surface area contributed by atoms with Crippen molar-refractivity contribution in [2.24, 2.45) is 0 Å². The van der Waals surface area contributed by atoms with E-state index >= 15 is 0 Å². The van der Waals surface area contributed by atoms with Gasteiger partial charge in [0.25, 0.3) is 0 Å². The summed E-state index contributed by atoms with van der Waals surface area (Å²) < 4.78 is 53.1. The number of carbonyl (C=O) groups is 1. The van der Waals surface area contributed by atoms with Gasteiger partial charge in [0.1, 0.15) is 13.2 Å². The highest BCUT2D eigenvalue weighted by atomic mass is 79.9. The Balaban J connectivity index is 2.64. The van der Waals surface area contributed by atoms with Crippen LogP contribution in [0.5, 0.6) is 0 Å². The zero-order valence-corrected chi connectivity index (χ0v) is 10.7. The topological polar surface area (TPSA) is 72.3 Å². The molecular formula is C9H7BrF4N2O3. The van der Waals surface area contributed by atoms with Crippen LogP contribution in [-0.4, -0.2) is 40.0 Å². The van der Waals surface area contributed by atoms with E-state index in [1.54, 1.807) is 0 Å². The summed E-state index contributed by atoms with van der Waals surface area (Å²) in [4.78, 5) is 17.8. The molecule has 1 aromatic rings. The monoisotopic (exact) mass is 346 g/mol. The normalized spacial score (nSPS) is 11.9. The number of carboxylic acids is 1. The van der Waals surface area contributed by atoms with Crippen molar-refractivity contribution in [2.75, 3.05) is 6.61 Å². The number of rotatable bonds is 6. The van der Waals surface area contributed by atoms with Crippen LogP contribution >= 0.6 is 15.9 Å². The van der Waals surface area contributed by atoms with Gasteiger partial charge in [0.05, 0.1) is 4.47 Å². The highest BCUT2D eigenvalue weighted by Crippen LogP contribution is 2.23. The van der Waals surface area contributed by atoms with Crippen molar-refractivity contribution >= 4 is 21.9 Å². The van der Waals surface area contributed by atoms with Gasteiger partial charge in [-0.05, 0) is 15.9 Å². The molecule has 0 unspecified atom stereocenters. The summed E-state index contributed by atoms with van der Waals surface area (Å²) >= 11 is 2.88. The van der Waals surface area contributed by atoms with Gasteiger partial charge < -0.3 is 9.84 Å². The fourth-order valence-corrected chi connectivity index (χ4v) is 1.33. The Morgan fingerprint density at radius 2 is 2.16 bits per heavy atom. The third-order valence-corrected chi connectivity index (χ3v) is 2.42. The molecule has 5 nitrogen and oxygen atoms in total. The molecule has 0 bridgehead atoms. The molecule has 0 fully saturated rings. The minimum atomic E-state index is -4.27. The molecule has 0 saturated heterocycles. The Hall–Kier alpha value is -1.29. The summed E-state index contributed by atoms with van der Waals surface area (Å²) in [6.07, 6.45) is -2.74. The first-order valence-corrected chi connectivity index (χ1v) is 5.51. The van der Waals surface area contributed by atoms with Gasteiger partial charge in [-0.1, -0.05) is 0 Å². The number of nitrogens with zero attached hydrogens (tertiary/aromatic N) is 2. The van der Waals surface area contributed by atoms with Crippen LogP contribution in [0.1, 0.15) is 16.3 Å². The third-order valence-electron chi connectivity index (χ3n) is 1.84. The Morgan fingerprint density at radius 1 is 1.53 bits per heavy atom. The van der Waals surface area contributed by atoms with Crippen molar-refractivity contribution in [1.82, 2.24) is 9.97 Å². The lowest BCUT2D eigenvalue weighted by molar-refractivity contribution is -0.168. The maximum absolute atomic E-state index is 12.5. The van der Waals surface area contributed by atoms with Crippen LogP contribution in [0.4, 0.5) is 17.6 Å². The van der Waals surface area contributed by atoms with Crippen molar-refractivity contribution in [3.05, 3.63) is 22.2 Å². The molecule has 0 spiro atoms. The average molecular weight is 347 g/mol. The average Bonchev–Trinajstić information content (AvgIpc) is 2.30. The van der Waals surface area contributed by atoms with E-state index in [4.69, 9.17) is 5.11 Å². The molecular weight excluding hydrogens is 340 g/mol. The SMILES string of the molecule is O=C(O)c1nc(COCC(F)(F)C(F)F)ncc1Br. The second-order valence-corrected chi connectivity index (χ2v) is 4.20. The Morgan fingerprint density at radius 3 is 2.68 bits per heavy atom. The molecule has 0 aromatic carbocycles. The molecule has 0 radical (unpaired) electrons. The van der Waals surface area contributed by atoms with E-state index in [1.807, 2.05) is 0 Å². The number of hydrogen-bond donors (Lipinski definition) is 1. The molecule has 0 aliphatic carbocycles. The second kappa shape index (κ2) is 6.24. The molecule has 106 valence electrons. The zero-order chi connectivity index (χ0) is 14.6. The van der Waals surface area contributed by atoms with Crippen LogP contribution in [0.25, 0.3) is 0 Å². The number of aromatic nitrogens is 2. The smallest absolute Gasteiger partial charge is 0.355 e. The molecule has 1 N–H and O–H groups in total. The largest absolute Gasteiger partial charge is 0.476 e. The Labute approximate surface area is 112 Å². The fraction of sp³-hybridized carbons (Fsp3) is 0.444. The summed E-state index contributed by atoms with van der Waals surface area (Å²) in [5.74, 6) is -5.83. The summed E-state index contributed by atoms with van der Waals surface area (Å²) in [6.45, 7) is -2.11. The molecule has 19 heavy (non-hydrogen) atoms. The predicted octanol–water partition coefficient (Wildman–Crippen LogP) is 2.35. The number of aromatic carboxylic acids is 1. The standard InChI is InChI=1S/C9H7BrF4N2O3/c10-4-1-15-5(16-6(4)7(17)18)2-19-3-9(13,14)8(11)12/h1,8H,2-3H2,(H,17,18). The highest BCUT2D eigenvalue weighted by molar-refractivity contribution is 9.10. The maximum atomic E-state index is 12.5. The van der Waals surface area contributed by atoms with Gasteiger partial charge >= 0.3 is 18.3 Å².